The van der Waals surface area contributed by atoms with E-state index in [1.54, 1.807) is 0 Å². The molecule has 0 fully saturated rings. The van der Waals surface area contributed by atoms with Crippen LogP contribution in [0.5, 0.6) is 5.75 Å². The Morgan fingerprint density at radius 2 is 1.75 bits per heavy atom. The maximum absolute atomic E-state index is 12.9. The van der Waals surface area contributed by atoms with Crippen molar-refractivity contribution in [3.63, 3.8) is 0 Å². The molecule has 1 aromatic heterocycles. The highest BCUT2D eigenvalue weighted by Gasteiger charge is 2.24. The number of fused-ring (bicyclic) bond motifs is 1. The number of carbonyl (C=O) groups excluding carboxylic acids is 1. The largest absolute Gasteiger partial charge is 0.487 e. The van der Waals surface area contributed by atoms with Gasteiger partial charge in [-0.25, -0.2) is 9.78 Å². The average molecular weight is 444 g/mol. The Morgan fingerprint density at radius 3 is 2.53 bits per heavy atom. The Bertz CT molecular complexity index is 1270. The standard InChI is InChI=1S/C27H25NO3S/c1-18-9-8-11-20(15-18)17-32-26-24(27(29)30-3)25(22-13-6-7-14-23(22)28-26)31-16-21-12-5-4-10-19(21)2/h4-15H,16-17H2,1-3H3. The van der Waals surface area contributed by atoms with Crippen molar-refractivity contribution in [1.29, 1.82) is 0 Å². The summed E-state index contributed by atoms with van der Waals surface area (Å²) < 4.78 is 11.4. The van der Waals surface area contributed by atoms with Crippen LogP contribution in [-0.4, -0.2) is 18.1 Å². The SMILES string of the molecule is COC(=O)c1c(SCc2cccc(C)c2)nc2ccccc2c1OCc1ccccc1C. The van der Waals surface area contributed by atoms with Crippen molar-refractivity contribution in [2.75, 3.05) is 7.11 Å². The highest BCUT2D eigenvalue weighted by Crippen LogP contribution is 2.37. The van der Waals surface area contributed by atoms with Gasteiger partial charge in [0, 0.05) is 11.1 Å². The molecule has 32 heavy (non-hydrogen) atoms. The van der Waals surface area contributed by atoms with Crippen LogP contribution in [0, 0.1) is 13.8 Å². The first kappa shape index (κ1) is 21.9. The number of para-hydroxylation sites is 1. The predicted molar refractivity (Wildman–Crippen MR) is 129 cm³/mol. The van der Waals surface area contributed by atoms with Gasteiger partial charge in [0.05, 0.1) is 12.6 Å². The summed E-state index contributed by atoms with van der Waals surface area (Å²) in [5, 5.41) is 1.40. The zero-order valence-electron chi connectivity index (χ0n) is 18.4. The molecule has 3 aromatic carbocycles. The summed E-state index contributed by atoms with van der Waals surface area (Å²) in [6.07, 6.45) is 0. The van der Waals surface area contributed by atoms with Crippen LogP contribution in [0.25, 0.3) is 10.9 Å². The van der Waals surface area contributed by atoms with Crippen molar-refractivity contribution in [2.24, 2.45) is 0 Å². The zero-order valence-corrected chi connectivity index (χ0v) is 19.2. The third-order valence-corrected chi connectivity index (χ3v) is 6.34. The van der Waals surface area contributed by atoms with Gasteiger partial charge in [0.1, 0.15) is 22.9 Å². The molecule has 0 aliphatic carbocycles. The van der Waals surface area contributed by atoms with Crippen LogP contribution in [0.4, 0.5) is 0 Å². The van der Waals surface area contributed by atoms with E-state index in [0.717, 1.165) is 22.0 Å². The number of benzene rings is 3. The second-order valence-corrected chi connectivity index (χ2v) is 8.59. The van der Waals surface area contributed by atoms with Gasteiger partial charge in [-0.15, -0.1) is 11.8 Å². The molecule has 0 bridgehead atoms. The molecule has 0 aliphatic heterocycles. The van der Waals surface area contributed by atoms with Crippen molar-refractivity contribution >= 4 is 28.6 Å². The number of methoxy groups -OCH3 is 1. The van der Waals surface area contributed by atoms with Gasteiger partial charge in [0.25, 0.3) is 0 Å². The lowest BCUT2D eigenvalue weighted by molar-refractivity contribution is 0.0590. The molecule has 4 aromatic rings. The summed E-state index contributed by atoms with van der Waals surface area (Å²) in [6, 6.07) is 24.1. The van der Waals surface area contributed by atoms with Crippen molar-refractivity contribution in [3.8, 4) is 5.75 Å². The number of thioether (sulfide) groups is 1. The van der Waals surface area contributed by atoms with Gasteiger partial charge in [0.2, 0.25) is 0 Å². The normalized spacial score (nSPS) is 10.8. The molecule has 0 saturated heterocycles. The molecule has 0 aliphatic rings. The van der Waals surface area contributed by atoms with Crippen LogP contribution in [0.3, 0.4) is 0 Å². The van der Waals surface area contributed by atoms with E-state index in [1.165, 1.54) is 30.0 Å². The Morgan fingerprint density at radius 1 is 0.969 bits per heavy atom. The molecule has 4 rings (SSSR count). The zero-order chi connectivity index (χ0) is 22.5. The first-order valence-electron chi connectivity index (χ1n) is 10.4. The van der Waals surface area contributed by atoms with Crippen LogP contribution in [0.15, 0.2) is 77.8 Å². The second kappa shape index (κ2) is 9.88. The average Bonchev–Trinajstić information content (AvgIpc) is 2.81. The summed E-state index contributed by atoms with van der Waals surface area (Å²) in [7, 11) is 1.39. The quantitative estimate of drug-likeness (QED) is 0.241. The number of carbonyl (C=O) groups is 1. The van der Waals surface area contributed by atoms with Crippen molar-refractivity contribution in [3.05, 3.63) is 101 Å². The predicted octanol–water partition coefficient (Wildman–Crippen LogP) is 6.51. The number of hydrogen-bond acceptors (Lipinski definition) is 5. The number of pyridine rings is 1. The van der Waals surface area contributed by atoms with E-state index in [-0.39, 0.29) is 0 Å². The van der Waals surface area contributed by atoms with Crippen LogP contribution in [-0.2, 0) is 17.1 Å². The molecule has 0 radical (unpaired) electrons. The van der Waals surface area contributed by atoms with Gasteiger partial charge in [-0.1, -0.05) is 66.2 Å². The lowest BCUT2D eigenvalue weighted by Gasteiger charge is -2.17. The maximum Gasteiger partial charge on any atom is 0.344 e. The van der Waals surface area contributed by atoms with Gasteiger partial charge < -0.3 is 9.47 Å². The van der Waals surface area contributed by atoms with Crippen molar-refractivity contribution in [2.45, 2.75) is 31.2 Å². The number of ether oxygens (including phenoxy) is 2. The van der Waals surface area contributed by atoms with Crippen molar-refractivity contribution in [1.82, 2.24) is 4.98 Å². The van der Waals surface area contributed by atoms with Gasteiger partial charge in [-0.2, -0.15) is 0 Å². The summed E-state index contributed by atoms with van der Waals surface area (Å²) in [4.78, 5) is 17.7. The highest BCUT2D eigenvalue weighted by atomic mass is 32.2. The Kier molecular flexibility index (Phi) is 6.76. The fourth-order valence-electron chi connectivity index (χ4n) is 3.57. The molecular formula is C27H25NO3S. The van der Waals surface area contributed by atoms with Crippen LogP contribution < -0.4 is 4.74 Å². The summed E-state index contributed by atoms with van der Waals surface area (Å²) >= 11 is 1.51. The van der Waals surface area contributed by atoms with Gasteiger partial charge in [-0.05, 0) is 42.7 Å². The van der Waals surface area contributed by atoms with E-state index in [1.807, 2.05) is 61.5 Å². The number of esters is 1. The van der Waals surface area contributed by atoms with Crippen molar-refractivity contribution < 1.29 is 14.3 Å². The number of hydrogen-bond donors (Lipinski definition) is 0. The van der Waals surface area contributed by atoms with Crippen LogP contribution in [0.1, 0.15) is 32.6 Å². The van der Waals surface area contributed by atoms with E-state index in [4.69, 9.17) is 14.5 Å². The summed E-state index contributed by atoms with van der Waals surface area (Å²) in [5.41, 5.74) is 5.73. The Balaban J connectivity index is 1.77. The minimum absolute atomic E-state index is 0.354. The molecule has 0 N–H and O–H groups in total. The molecule has 0 atom stereocenters. The van der Waals surface area contributed by atoms with E-state index in [2.05, 4.69) is 25.1 Å². The van der Waals surface area contributed by atoms with Gasteiger partial charge >= 0.3 is 5.97 Å². The van der Waals surface area contributed by atoms with Crippen LogP contribution in [0.2, 0.25) is 0 Å². The smallest absolute Gasteiger partial charge is 0.344 e. The number of aromatic nitrogens is 1. The first-order valence-corrected chi connectivity index (χ1v) is 11.4. The minimum atomic E-state index is -0.449. The molecule has 0 amide bonds. The van der Waals surface area contributed by atoms with Gasteiger partial charge in [0.15, 0.2) is 0 Å². The fourth-order valence-corrected chi connectivity index (χ4v) is 4.54. The second-order valence-electron chi connectivity index (χ2n) is 7.62. The molecule has 1 heterocycles. The molecular weight excluding hydrogens is 418 g/mol. The summed E-state index contributed by atoms with van der Waals surface area (Å²) in [6.45, 7) is 4.47. The molecule has 0 spiro atoms. The van der Waals surface area contributed by atoms with Crippen LogP contribution >= 0.6 is 11.8 Å². The highest BCUT2D eigenvalue weighted by molar-refractivity contribution is 7.98. The lowest BCUT2D eigenvalue weighted by Crippen LogP contribution is -2.10. The Labute approximate surface area is 192 Å². The van der Waals surface area contributed by atoms with E-state index in [0.29, 0.717) is 28.7 Å². The third kappa shape index (κ3) is 4.78. The Hall–Kier alpha value is -3.31. The van der Waals surface area contributed by atoms with E-state index in [9.17, 15) is 4.79 Å². The lowest BCUT2D eigenvalue weighted by atomic mass is 10.1. The summed E-state index contributed by atoms with van der Waals surface area (Å²) in [5.74, 6) is 0.751. The topological polar surface area (TPSA) is 48.4 Å². The molecule has 162 valence electrons. The fraction of sp³-hybridized carbons (Fsp3) is 0.185. The first-order chi connectivity index (χ1) is 15.6. The maximum atomic E-state index is 12.9. The van der Waals surface area contributed by atoms with Gasteiger partial charge in [-0.3, -0.25) is 0 Å². The molecule has 0 unspecified atom stereocenters. The monoisotopic (exact) mass is 443 g/mol. The van der Waals surface area contributed by atoms with E-state index >= 15 is 0 Å². The molecule has 4 nitrogen and oxygen atoms in total. The third-order valence-electron chi connectivity index (χ3n) is 5.29. The minimum Gasteiger partial charge on any atom is -0.487 e. The molecule has 5 heteroatoms. The molecule has 0 saturated carbocycles. The number of rotatable bonds is 7. The van der Waals surface area contributed by atoms with E-state index < -0.39 is 5.97 Å². The number of aryl methyl sites for hydroxylation is 2. The number of nitrogens with zero attached hydrogens (tertiary/aromatic N) is 1.